The van der Waals surface area contributed by atoms with Gasteiger partial charge in [0.1, 0.15) is 9.75 Å². The van der Waals surface area contributed by atoms with E-state index in [4.69, 9.17) is 69.6 Å². The van der Waals surface area contributed by atoms with Crippen LogP contribution in [-0.2, 0) is 9.59 Å². The van der Waals surface area contributed by atoms with E-state index in [0.29, 0.717) is 5.56 Å². The molecule has 5 rings (SSSR count). The van der Waals surface area contributed by atoms with E-state index >= 15 is 0 Å². The average molecular weight is 582 g/mol. The van der Waals surface area contributed by atoms with Crippen LogP contribution in [0.5, 0.6) is 0 Å². The highest BCUT2D eigenvalue weighted by Crippen LogP contribution is 2.77. The van der Waals surface area contributed by atoms with Gasteiger partial charge in [-0.05, 0) is 50.2 Å². The number of halogens is 6. The molecule has 34 heavy (non-hydrogen) atoms. The molecule has 2 aliphatic carbocycles. The molecule has 0 unspecified atom stereocenters. The lowest BCUT2D eigenvalue weighted by atomic mass is 9.84. The Hall–Kier alpha value is -1.41. The molecule has 1 aromatic carbocycles. The van der Waals surface area contributed by atoms with Gasteiger partial charge in [-0.3, -0.25) is 24.5 Å². The highest BCUT2D eigenvalue weighted by molar-refractivity contribution is 6.67. The molecule has 178 valence electrons. The van der Waals surface area contributed by atoms with Crippen LogP contribution in [0.3, 0.4) is 0 Å². The molecular formula is C22H15Cl6N3O3. The predicted octanol–water partition coefficient (Wildman–Crippen LogP) is 5.44. The summed E-state index contributed by atoms with van der Waals surface area (Å²) in [7, 11) is 0. The third kappa shape index (κ3) is 2.70. The van der Waals surface area contributed by atoms with Gasteiger partial charge in [-0.25, -0.2) is 4.90 Å². The Labute approximate surface area is 224 Å². The first-order chi connectivity index (χ1) is 15.8. The molecule has 3 amide bonds. The van der Waals surface area contributed by atoms with Crippen molar-refractivity contribution in [3.8, 4) is 0 Å². The number of rotatable bonds is 3. The van der Waals surface area contributed by atoms with Crippen LogP contribution in [0, 0.1) is 25.7 Å². The summed E-state index contributed by atoms with van der Waals surface area (Å²) in [6.07, 6.45) is 0. The lowest BCUT2D eigenvalue weighted by molar-refractivity contribution is -0.123. The number of hydrogen-bond donors (Lipinski definition) is 1. The number of aromatic nitrogens is 1. The summed E-state index contributed by atoms with van der Waals surface area (Å²) >= 11 is 39.1. The molecule has 0 spiro atoms. The van der Waals surface area contributed by atoms with E-state index in [1.165, 1.54) is 24.3 Å². The molecule has 0 radical (unpaired) electrons. The minimum atomic E-state index is -1.99. The number of anilines is 1. The van der Waals surface area contributed by atoms with Crippen LogP contribution in [0.2, 0.25) is 0 Å². The zero-order valence-electron chi connectivity index (χ0n) is 17.5. The smallest absolute Gasteiger partial charge is 0.270 e. The second kappa shape index (κ2) is 7.55. The van der Waals surface area contributed by atoms with Crippen LogP contribution in [-0.4, -0.2) is 36.5 Å². The second-order valence-electron chi connectivity index (χ2n) is 8.53. The van der Waals surface area contributed by atoms with Crippen LogP contribution in [0.25, 0.3) is 0 Å². The molecule has 2 bridgehead atoms. The number of hydrogen-bond acceptors (Lipinski definition) is 3. The number of nitrogens with zero attached hydrogens (tertiary/aromatic N) is 2. The standard InChI is InChI=1S/C22H15Cl6N3O3/c1-9-3-4-10(2)31(9)29-17(32)11-5-7-12(8-6-11)30-18(33)13-14(19(30)34)21(26)16(24)15(23)20(13,25)22(21,27)28/h3-8,13-14H,1-2H3,(H,29,32)/t13-,14+,20-,21-/m1/s1. The third-order valence-corrected chi connectivity index (χ3v) is 11.0. The molecule has 3 aliphatic rings. The Morgan fingerprint density at radius 3 is 1.71 bits per heavy atom. The van der Waals surface area contributed by atoms with Crippen LogP contribution in [0.4, 0.5) is 5.69 Å². The van der Waals surface area contributed by atoms with Crippen molar-refractivity contribution in [1.82, 2.24) is 4.68 Å². The van der Waals surface area contributed by atoms with Gasteiger partial charge in [-0.2, -0.15) is 0 Å². The summed E-state index contributed by atoms with van der Waals surface area (Å²) in [4.78, 5) is 36.7. The van der Waals surface area contributed by atoms with E-state index < -0.39 is 37.7 Å². The lowest BCUT2D eigenvalue weighted by Crippen LogP contribution is -2.50. The van der Waals surface area contributed by atoms with Crippen LogP contribution < -0.4 is 10.3 Å². The Morgan fingerprint density at radius 2 is 1.26 bits per heavy atom. The van der Waals surface area contributed by atoms with Gasteiger partial charge in [0.05, 0.1) is 27.6 Å². The third-order valence-electron chi connectivity index (χ3n) is 6.78. The summed E-state index contributed by atoms with van der Waals surface area (Å²) < 4.78 is -0.327. The van der Waals surface area contributed by atoms with Gasteiger partial charge in [-0.1, -0.05) is 46.4 Å². The van der Waals surface area contributed by atoms with Gasteiger partial charge in [0.15, 0.2) is 4.33 Å². The van der Waals surface area contributed by atoms with E-state index in [0.717, 1.165) is 16.3 Å². The molecule has 1 aliphatic heterocycles. The second-order valence-corrected chi connectivity index (χ2v) is 11.8. The molecule has 6 nitrogen and oxygen atoms in total. The molecule has 1 saturated heterocycles. The number of imide groups is 1. The van der Waals surface area contributed by atoms with Crippen LogP contribution >= 0.6 is 69.6 Å². The minimum absolute atomic E-state index is 0.150. The summed E-state index contributed by atoms with van der Waals surface area (Å²) in [5.41, 5.74) is 5.08. The van der Waals surface area contributed by atoms with Crippen LogP contribution in [0.15, 0.2) is 46.5 Å². The monoisotopic (exact) mass is 579 g/mol. The largest absolute Gasteiger partial charge is 0.274 e. The summed E-state index contributed by atoms with van der Waals surface area (Å²) in [5, 5.41) is -0.301. The first-order valence-electron chi connectivity index (χ1n) is 10.1. The van der Waals surface area contributed by atoms with E-state index in [1.54, 1.807) is 4.68 Å². The molecule has 2 fully saturated rings. The number of fused-ring (bicyclic) bond motifs is 5. The van der Waals surface area contributed by atoms with E-state index in [-0.39, 0.29) is 21.7 Å². The van der Waals surface area contributed by atoms with Gasteiger partial charge in [0.25, 0.3) is 5.91 Å². The number of alkyl halides is 4. The molecule has 1 saturated carbocycles. The van der Waals surface area contributed by atoms with E-state index in [9.17, 15) is 14.4 Å². The number of amides is 3. The molecule has 1 aromatic heterocycles. The Balaban J connectivity index is 1.46. The van der Waals surface area contributed by atoms with Crippen molar-refractivity contribution in [2.45, 2.75) is 27.9 Å². The SMILES string of the molecule is Cc1ccc(C)n1NC(=O)c1ccc(N2C(=O)[C@@H]3[C@H](C2=O)[C@@]2(Cl)C(Cl)=C(Cl)[C@@]3(Cl)C2(Cl)Cl)cc1. The first kappa shape index (κ1) is 24.3. The zero-order chi connectivity index (χ0) is 25.0. The number of benzene rings is 1. The van der Waals surface area contributed by atoms with Crippen molar-refractivity contribution in [2.75, 3.05) is 10.3 Å². The summed E-state index contributed by atoms with van der Waals surface area (Å²) in [6, 6.07) is 9.72. The average Bonchev–Trinajstić information content (AvgIpc) is 3.33. The zero-order valence-corrected chi connectivity index (χ0v) is 22.0. The van der Waals surface area contributed by atoms with Crippen molar-refractivity contribution in [3.63, 3.8) is 0 Å². The predicted molar refractivity (Wildman–Crippen MR) is 134 cm³/mol. The molecular weight excluding hydrogens is 567 g/mol. The Bertz CT molecular complexity index is 1250. The van der Waals surface area contributed by atoms with E-state index in [2.05, 4.69) is 5.43 Å². The van der Waals surface area contributed by atoms with Gasteiger partial charge in [-0.15, -0.1) is 23.2 Å². The lowest BCUT2D eigenvalue weighted by Gasteiger charge is -2.34. The van der Waals surface area contributed by atoms with Crippen molar-refractivity contribution >= 4 is 93.0 Å². The molecule has 2 aromatic rings. The number of nitrogens with one attached hydrogen (secondary N) is 1. The minimum Gasteiger partial charge on any atom is -0.274 e. The van der Waals surface area contributed by atoms with Crippen LogP contribution in [0.1, 0.15) is 21.7 Å². The van der Waals surface area contributed by atoms with Crippen molar-refractivity contribution in [1.29, 1.82) is 0 Å². The maximum absolute atomic E-state index is 13.4. The Morgan fingerprint density at radius 1 is 0.824 bits per heavy atom. The Kier molecular flexibility index (Phi) is 5.39. The summed E-state index contributed by atoms with van der Waals surface area (Å²) in [5.74, 6) is -4.11. The first-order valence-corrected chi connectivity index (χ1v) is 12.3. The van der Waals surface area contributed by atoms with Gasteiger partial charge >= 0.3 is 0 Å². The fraction of sp³-hybridized carbons (Fsp3) is 0.318. The maximum atomic E-state index is 13.4. The number of carbonyl (C=O) groups is 3. The topological polar surface area (TPSA) is 71.4 Å². The number of aryl methyl sites for hydroxylation is 2. The van der Waals surface area contributed by atoms with Gasteiger partial charge in [0.2, 0.25) is 11.8 Å². The molecule has 4 atom stereocenters. The highest BCUT2D eigenvalue weighted by atomic mass is 35.5. The number of allylic oxidation sites excluding steroid dienone is 2. The normalized spacial score (nSPS) is 31.5. The van der Waals surface area contributed by atoms with Crippen molar-refractivity contribution in [3.05, 3.63) is 63.4 Å². The van der Waals surface area contributed by atoms with Gasteiger partial charge in [0, 0.05) is 17.0 Å². The molecule has 12 heteroatoms. The fourth-order valence-corrected chi connectivity index (χ4v) is 7.95. The molecule has 1 N–H and O–H groups in total. The van der Waals surface area contributed by atoms with Crippen molar-refractivity contribution in [2.24, 2.45) is 11.8 Å². The van der Waals surface area contributed by atoms with Gasteiger partial charge < -0.3 is 0 Å². The maximum Gasteiger partial charge on any atom is 0.270 e. The quantitative estimate of drug-likeness (QED) is 0.388. The van der Waals surface area contributed by atoms with E-state index in [1.807, 2.05) is 26.0 Å². The summed E-state index contributed by atoms with van der Waals surface area (Å²) in [6.45, 7) is 3.73. The highest BCUT2D eigenvalue weighted by Gasteiger charge is 2.87. The number of carbonyl (C=O) groups excluding carboxylic acids is 3. The molecule has 2 heterocycles. The fourth-order valence-electron chi connectivity index (χ4n) is 5.02. The van der Waals surface area contributed by atoms with Crippen molar-refractivity contribution < 1.29 is 14.4 Å².